The van der Waals surface area contributed by atoms with Crippen molar-refractivity contribution in [3.63, 3.8) is 0 Å². The Labute approximate surface area is 233 Å². The highest BCUT2D eigenvalue weighted by molar-refractivity contribution is 5.74. The SMILES string of the molecule is C=C(N)/C(C1=CCCC=C1Cc1cc(-c2ccccc2)cc(-c2ccccc2)c1)=C1/C=CC2CCCNC2C1. The number of nitrogens with two attached hydrogens (primary N) is 1. The van der Waals surface area contributed by atoms with E-state index in [4.69, 9.17) is 5.73 Å². The van der Waals surface area contributed by atoms with Gasteiger partial charge in [0, 0.05) is 17.3 Å². The minimum Gasteiger partial charge on any atom is -0.399 e. The second-order valence-electron chi connectivity index (χ2n) is 11.1. The molecule has 2 nitrogen and oxygen atoms in total. The number of hydrogen-bond donors (Lipinski definition) is 2. The fraction of sp³-hybridized carbons (Fsp3) is 0.243. The van der Waals surface area contributed by atoms with Crippen molar-refractivity contribution in [3.05, 3.63) is 143 Å². The van der Waals surface area contributed by atoms with Gasteiger partial charge in [-0.15, -0.1) is 0 Å². The van der Waals surface area contributed by atoms with E-state index in [-0.39, 0.29) is 0 Å². The number of benzene rings is 3. The second-order valence-corrected chi connectivity index (χ2v) is 11.1. The van der Waals surface area contributed by atoms with Gasteiger partial charge >= 0.3 is 0 Å². The molecular formula is C37H38N2. The highest BCUT2D eigenvalue weighted by atomic mass is 14.9. The highest BCUT2D eigenvalue weighted by Gasteiger charge is 2.28. The van der Waals surface area contributed by atoms with Crippen LogP contribution in [0, 0.1) is 5.92 Å². The standard InChI is InChI=1S/C37H38N2/c1-26(38)37(32-19-18-30-16-10-20-39-36(30)25-32)35-17-9-8-15-31(35)21-27-22-33(28-11-4-2-5-12-28)24-34(23-27)29-13-6-3-7-14-29/h2-7,11-15,17-19,22-24,30,36,39H,1,8-10,16,20-21,25,38H2/b37-32+. The fourth-order valence-electron chi connectivity index (χ4n) is 6.48. The topological polar surface area (TPSA) is 38.0 Å². The van der Waals surface area contributed by atoms with Crippen molar-refractivity contribution in [1.29, 1.82) is 0 Å². The normalized spacial score (nSPS) is 21.9. The van der Waals surface area contributed by atoms with Crippen LogP contribution in [0.5, 0.6) is 0 Å². The summed E-state index contributed by atoms with van der Waals surface area (Å²) in [6.07, 6.45) is 16.1. The summed E-state index contributed by atoms with van der Waals surface area (Å²) in [5, 5.41) is 3.75. The average Bonchev–Trinajstić information content (AvgIpc) is 2.99. The van der Waals surface area contributed by atoms with E-state index in [1.165, 1.54) is 57.4 Å². The zero-order chi connectivity index (χ0) is 26.6. The molecule has 0 spiro atoms. The molecule has 3 aromatic rings. The molecule has 6 rings (SSSR count). The number of hydrogen-bond acceptors (Lipinski definition) is 2. The molecule has 2 unspecified atom stereocenters. The molecule has 1 saturated heterocycles. The Bertz CT molecular complexity index is 1410. The molecule has 2 aliphatic carbocycles. The van der Waals surface area contributed by atoms with Gasteiger partial charge in [0.05, 0.1) is 0 Å². The summed E-state index contributed by atoms with van der Waals surface area (Å²) in [5.41, 5.74) is 18.6. The third kappa shape index (κ3) is 5.62. The van der Waals surface area contributed by atoms with Crippen molar-refractivity contribution < 1.29 is 0 Å². The van der Waals surface area contributed by atoms with E-state index in [1.807, 2.05) is 0 Å². The summed E-state index contributed by atoms with van der Waals surface area (Å²) in [6.45, 7) is 5.36. The summed E-state index contributed by atoms with van der Waals surface area (Å²) >= 11 is 0. The molecule has 0 aromatic heterocycles. The van der Waals surface area contributed by atoms with Crippen LogP contribution in [-0.4, -0.2) is 12.6 Å². The first-order valence-corrected chi connectivity index (χ1v) is 14.4. The predicted molar refractivity (Wildman–Crippen MR) is 165 cm³/mol. The van der Waals surface area contributed by atoms with Gasteiger partial charge in [0.25, 0.3) is 0 Å². The van der Waals surface area contributed by atoms with Gasteiger partial charge in [0.2, 0.25) is 0 Å². The molecule has 0 bridgehead atoms. The third-order valence-electron chi connectivity index (χ3n) is 8.39. The van der Waals surface area contributed by atoms with Crippen LogP contribution in [0.3, 0.4) is 0 Å². The predicted octanol–water partition coefficient (Wildman–Crippen LogP) is 8.31. The summed E-state index contributed by atoms with van der Waals surface area (Å²) in [7, 11) is 0. The molecule has 39 heavy (non-hydrogen) atoms. The van der Waals surface area contributed by atoms with Crippen molar-refractivity contribution in [1.82, 2.24) is 5.32 Å². The van der Waals surface area contributed by atoms with Gasteiger partial charge < -0.3 is 11.1 Å². The van der Waals surface area contributed by atoms with Crippen molar-refractivity contribution in [2.24, 2.45) is 11.7 Å². The van der Waals surface area contributed by atoms with Gasteiger partial charge in [0.1, 0.15) is 0 Å². The van der Waals surface area contributed by atoms with Crippen LogP contribution in [0.4, 0.5) is 0 Å². The maximum absolute atomic E-state index is 6.55. The summed E-state index contributed by atoms with van der Waals surface area (Å²) in [5.74, 6) is 0.627. The lowest BCUT2D eigenvalue weighted by atomic mass is 9.77. The van der Waals surface area contributed by atoms with E-state index >= 15 is 0 Å². The Hall–Kier alpha value is -3.88. The number of allylic oxidation sites excluding steroid dienone is 5. The molecule has 1 heterocycles. The molecule has 3 aromatic carbocycles. The zero-order valence-corrected chi connectivity index (χ0v) is 22.7. The molecule has 2 atom stereocenters. The van der Waals surface area contributed by atoms with Crippen LogP contribution in [0.25, 0.3) is 22.3 Å². The smallest absolute Gasteiger partial charge is 0.0323 e. The van der Waals surface area contributed by atoms with Gasteiger partial charge in [0.15, 0.2) is 0 Å². The van der Waals surface area contributed by atoms with E-state index < -0.39 is 0 Å². The fourth-order valence-corrected chi connectivity index (χ4v) is 6.48. The highest BCUT2D eigenvalue weighted by Crippen LogP contribution is 2.38. The molecule has 3 aliphatic rings. The van der Waals surface area contributed by atoms with E-state index in [0.717, 1.165) is 37.8 Å². The van der Waals surface area contributed by atoms with E-state index in [1.54, 1.807) is 0 Å². The molecule has 2 heteroatoms. The van der Waals surface area contributed by atoms with Crippen LogP contribution in [0.15, 0.2) is 138 Å². The second kappa shape index (κ2) is 11.5. The van der Waals surface area contributed by atoms with Crippen LogP contribution in [-0.2, 0) is 6.42 Å². The number of fused-ring (bicyclic) bond motifs is 1. The molecular weight excluding hydrogens is 472 g/mol. The monoisotopic (exact) mass is 510 g/mol. The quantitative estimate of drug-likeness (QED) is 0.350. The van der Waals surface area contributed by atoms with Crippen LogP contribution >= 0.6 is 0 Å². The van der Waals surface area contributed by atoms with Crippen LogP contribution in [0.1, 0.15) is 37.7 Å². The molecule has 0 radical (unpaired) electrons. The maximum Gasteiger partial charge on any atom is 0.0323 e. The Morgan fingerprint density at radius 3 is 2.18 bits per heavy atom. The van der Waals surface area contributed by atoms with Crippen LogP contribution < -0.4 is 11.1 Å². The lowest BCUT2D eigenvalue weighted by Crippen LogP contribution is -2.42. The van der Waals surface area contributed by atoms with Gasteiger partial charge in [-0.05, 0) is 102 Å². The zero-order valence-electron chi connectivity index (χ0n) is 22.7. The van der Waals surface area contributed by atoms with E-state index in [2.05, 4.69) is 115 Å². The molecule has 3 N–H and O–H groups in total. The minimum absolute atomic E-state index is 0.501. The Balaban J connectivity index is 1.38. The van der Waals surface area contributed by atoms with Gasteiger partial charge in [-0.25, -0.2) is 0 Å². The molecule has 1 fully saturated rings. The van der Waals surface area contributed by atoms with Gasteiger partial charge in [-0.3, -0.25) is 0 Å². The Morgan fingerprint density at radius 2 is 1.51 bits per heavy atom. The maximum atomic E-state index is 6.55. The first kappa shape index (κ1) is 25.4. The molecule has 1 aliphatic heterocycles. The number of nitrogens with one attached hydrogen (secondary N) is 1. The largest absolute Gasteiger partial charge is 0.399 e. The molecule has 0 amide bonds. The van der Waals surface area contributed by atoms with Crippen LogP contribution in [0.2, 0.25) is 0 Å². The lowest BCUT2D eigenvalue weighted by Gasteiger charge is -2.35. The van der Waals surface area contributed by atoms with Crippen molar-refractivity contribution in [2.45, 2.75) is 44.6 Å². The van der Waals surface area contributed by atoms with Crippen molar-refractivity contribution in [3.8, 4) is 22.3 Å². The third-order valence-corrected chi connectivity index (χ3v) is 8.39. The summed E-state index contributed by atoms with van der Waals surface area (Å²) < 4.78 is 0. The minimum atomic E-state index is 0.501. The lowest BCUT2D eigenvalue weighted by molar-refractivity contribution is 0.320. The molecule has 0 saturated carbocycles. The summed E-state index contributed by atoms with van der Waals surface area (Å²) in [4.78, 5) is 0. The molecule has 196 valence electrons. The van der Waals surface area contributed by atoms with Crippen molar-refractivity contribution in [2.75, 3.05) is 6.54 Å². The average molecular weight is 511 g/mol. The first-order valence-electron chi connectivity index (χ1n) is 14.4. The Morgan fingerprint density at radius 1 is 0.846 bits per heavy atom. The van der Waals surface area contributed by atoms with Gasteiger partial charge in [-0.1, -0.05) is 104 Å². The van der Waals surface area contributed by atoms with Crippen molar-refractivity contribution >= 4 is 0 Å². The Kier molecular flexibility index (Phi) is 7.47. The van der Waals surface area contributed by atoms with Gasteiger partial charge in [-0.2, -0.15) is 0 Å². The first-order chi connectivity index (χ1) is 19.2. The van der Waals surface area contributed by atoms with E-state index in [9.17, 15) is 0 Å². The summed E-state index contributed by atoms with van der Waals surface area (Å²) in [6, 6.07) is 28.9. The number of piperidine rings is 1. The number of rotatable bonds is 6. The van der Waals surface area contributed by atoms with E-state index in [0.29, 0.717) is 17.7 Å².